The largest absolute Gasteiger partial charge is 0.341 e. The van der Waals surface area contributed by atoms with Crippen LogP contribution in [0.5, 0.6) is 0 Å². The molecule has 0 atom stereocenters. The molecule has 0 aromatic heterocycles. The van der Waals surface area contributed by atoms with Gasteiger partial charge in [-0.05, 0) is 37.1 Å². The maximum Gasteiger partial charge on any atom is 0.232 e. The van der Waals surface area contributed by atoms with Gasteiger partial charge < -0.3 is 4.90 Å². The Labute approximate surface area is 131 Å². The van der Waals surface area contributed by atoms with Crippen LogP contribution >= 0.6 is 11.8 Å². The molecule has 2 aromatic carbocycles. The number of aryl methyl sites for hydroxylation is 2. The third-order valence-corrected chi connectivity index (χ3v) is 4.47. The highest BCUT2D eigenvalue weighted by molar-refractivity contribution is 8.00. The summed E-state index contributed by atoms with van der Waals surface area (Å²) in [5.74, 6) is 0.634. The molecular weight excluding hydrogens is 278 g/mol. The lowest BCUT2D eigenvalue weighted by molar-refractivity contribution is -0.127. The Morgan fingerprint density at radius 2 is 1.71 bits per heavy atom. The Morgan fingerprint density at radius 3 is 2.38 bits per heavy atom. The molecule has 3 heteroatoms. The molecule has 0 aliphatic carbocycles. The molecule has 0 saturated carbocycles. The molecule has 2 aromatic rings. The molecule has 110 valence electrons. The van der Waals surface area contributed by atoms with Gasteiger partial charge in [0.15, 0.2) is 0 Å². The van der Waals surface area contributed by atoms with Crippen LogP contribution in [0, 0.1) is 13.8 Å². The maximum atomic E-state index is 12.2. The molecule has 0 heterocycles. The monoisotopic (exact) mass is 299 g/mol. The van der Waals surface area contributed by atoms with Crippen LogP contribution in [0.15, 0.2) is 53.4 Å². The van der Waals surface area contributed by atoms with Crippen molar-refractivity contribution in [1.82, 2.24) is 4.90 Å². The Kier molecular flexibility index (Phi) is 5.45. The zero-order valence-corrected chi connectivity index (χ0v) is 13.6. The summed E-state index contributed by atoms with van der Waals surface area (Å²) in [7, 11) is 1.87. The highest BCUT2D eigenvalue weighted by Crippen LogP contribution is 2.19. The van der Waals surface area contributed by atoms with Gasteiger partial charge in [-0.3, -0.25) is 4.79 Å². The van der Waals surface area contributed by atoms with E-state index in [1.807, 2.05) is 19.2 Å². The predicted octanol–water partition coefficient (Wildman–Crippen LogP) is 4.05. The normalized spacial score (nSPS) is 10.4. The predicted molar refractivity (Wildman–Crippen MR) is 89.6 cm³/mol. The summed E-state index contributed by atoms with van der Waals surface area (Å²) < 4.78 is 0. The van der Waals surface area contributed by atoms with Gasteiger partial charge in [-0.15, -0.1) is 11.8 Å². The third kappa shape index (κ3) is 4.64. The second-order valence-corrected chi connectivity index (χ2v) is 6.33. The molecule has 2 rings (SSSR count). The fraction of sp³-hybridized carbons (Fsp3) is 0.278. The molecule has 21 heavy (non-hydrogen) atoms. The van der Waals surface area contributed by atoms with E-state index < -0.39 is 0 Å². The summed E-state index contributed by atoms with van der Waals surface area (Å²) in [6.07, 6.45) is 0. The Balaban J connectivity index is 1.88. The zero-order chi connectivity index (χ0) is 15.2. The highest BCUT2D eigenvalue weighted by atomic mass is 32.2. The number of thioether (sulfide) groups is 1. The van der Waals surface area contributed by atoms with Crippen LogP contribution in [-0.2, 0) is 11.3 Å². The lowest BCUT2D eigenvalue weighted by Crippen LogP contribution is -2.28. The number of rotatable bonds is 5. The average molecular weight is 299 g/mol. The average Bonchev–Trinajstić information content (AvgIpc) is 2.48. The molecule has 0 bridgehead atoms. The molecular formula is C18H21NOS. The van der Waals surface area contributed by atoms with Gasteiger partial charge in [-0.25, -0.2) is 0 Å². The van der Waals surface area contributed by atoms with Crippen molar-refractivity contribution in [2.45, 2.75) is 25.3 Å². The Morgan fingerprint density at radius 1 is 1.05 bits per heavy atom. The maximum absolute atomic E-state index is 12.2. The van der Waals surface area contributed by atoms with Crippen molar-refractivity contribution in [3.63, 3.8) is 0 Å². The first-order valence-electron chi connectivity index (χ1n) is 7.04. The number of hydrogen-bond acceptors (Lipinski definition) is 2. The molecule has 0 fully saturated rings. The van der Waals surface area contributed by atoms with Gasteiger partial charge in [0.2, 0.25) is 5.91 Å². The van der Waals surface area contributed by atoms with E-state index in [4.69, 9.17) is 0 Å². The van der Waals surface area contributed by atoms with Gasteiger partial charge in [0.1, 0.15) is 0 Å². The van der Waals surface area contributed by atoms with Gasteiger partial charge >= 0.3 is 0 Å². The van der Waals surface area contributed by atoms with Gasteiger partial charge in [-0.1, -0.05) is 42.0 Å². The fourth-order valence-corrected chi connectivity index (χ4v) is 2.86. The lowest BCUT2D eigenvalue weighted by Gasteiger charge is -2.18. The smallest absolute Gasteiger partial charge is 0.232 e. The van der Waals surface area contributed by atoms with Crippen molar-refractivity contribution in [2.75, 3.05) is 12.8 Å². The standard InChI is InChI=1S/C18H21NOS/c1-14-8-10-17(11-9-14)21-13-18(20)19(3)12-16-7-5-4-6-15(16)2/h4-11H,12-13H2,1-3H3. The van der Waals surface area contributed by atoms with Crippen molar-refractivity contribution in [3.05, 3.63) is 65.2 Å². The molecule has 0 aliphatic heterocycles. The first kappa shape index (κ1) is 15.6. The molecule has 0 N–H and O–H groups in total. The number of carbonyl (C=O) groups excluding carboxylic acids is 1. The SMILES string of the molecule is Cc1ccc(SCC(=O)N(C)Cc2ccccc2C)cc1. The summed E-state index contributed by atoms with van der Waals surface area (Å²) in [5, 5.41) is 0. The topological polar surface area (TPSA) is 20.3 Å². The summed E-state index contributed by atoms with van der Waals surface area (Å²) >= 11 is 1.59. The van der Waals surface area contributed by atoms with Crippen LogP contribution in [0.3, 0.4) is 0 Å². The van der Waals surface area contributed by atoms with Crippen LogP contribution in [0.25, 0.3) is 0 Å². The third-order valence-electron chi connectivity index (χ3n) is 3.48. The van der Waals surface area contributed by atoms with Gasteiger partial charge in [-0.2, -0.15) is 0 Å². The van der Waals surface area contributed by atoms with Crippen molar-refractivity contribution in [3.8, 4) is 0 Å². The van der Waals surface area contributed by atoms with E-state index in [1.165, 1.54) is 16.7 Å². The lowest BCUT2D eigenvalue weighted by atomic mass is 10.1. The second kappa shape index (κ2) is 7.32. The quantitative estimate of drug-likeness (QED) is 0.776. The van der Waals surface area contributed by atoms with Crippen LogP contribution in [0.1, 0.15) is 16.7 Å². The molecule has 0 unspecified atom stereocenters. The molecule has 0 radical (unpaired) electrons. The minimum atomic E-state index is 0.156. The van der Waals surface area contributed by atoms with E-state index in [1.54, 1.807) is 16.7 Å². The zero-order valence-electron chi connectivity index (χ0n) is 12.8. The number of benzene rings is 2. The van der Waals surface area contributed by atoms with E-state index in [0.717, 1.165) is 4.90 Å². The van der Waals surface area contributed by atoms with E-state index in [9.17, 15) is 4.79 Å². The summed E-state index contributed by atoms with van der Waals surface area (Å²) in [5.41, 5.74) is 3.67. The van der Waals surface area contributed by atoms with Crippen molar-refractivity contribution in [1.29, 1.82) is 0 Å². The Bertz CT molecular complexity index is 607. The van der Waals surface area contributed by atoms with E-state index in [0.29, 0.717) is 12.3 Å². The number of hydrogen-bond donors (Lipinski definition) is 0. The van der Waals surface area contributed by atoms with Crippen molar-refractivity contribution in [2.24, 2.45) is 0 Å². The fourth-order valence-electron chi connectivity index (χ4n) is 2.02. The first-order chi connectivity index (χ1) is 10.1. The molecule has 0 spiro atoms. The summed E-state index contributed by atoms with van der Waals surface area (Å²) in [6.45, 7) is 4.81. The van der Waals surface area contributed by atoms with Crippen LogP contribution in [-0.4, -0.2) is 23.6 Å². The Hall–Kier alpha value is -1.74. The summed E-state index contributed by atoms with van der Waals surface area (Å²) in [4.78, 5) is 15.1. The van der Waals surface area contributed by atoms with Crippen molar-refractivity contribution < 1.29 is 4.79 Å². The summed E-state index contributed by atoms with van der Waals surface area (Å²) in [6, 6.07) is 16.5. The first-order valence-corrected chi connectivity index (χ1v) is 8.03. The van der Waals surface area contributed by atoms with E-state index in [2.05, 4.69) is 50.2 Å². The van der Waals surface area contributed by atoms with Gasteiger partial charge in [0.25, 0.3) is 0 Å². The number of carbonyl (C=O) groups is 1. The minimum absolute atomic E-state index is 0.156. The minimum Gasteiger partial charge on any atom is -0.341 e. The van der Waals surface area contributed by atoms with Crippen LogP contribution in [0.2, 0.25) is 0 Å². The second-order valence-electron chi connectivity index (χ2n) is 5.28. The number of amides is 1. The van der Waals surface area contributed by atoms with Gasteiger partial charge in [0.05, 0.1) is 5.75 Å². The highest BCUT2D eigenvalue weighted by Gasteiger charge is 2.10. The number of nitrogens with zero attached hydrogens (tertiary/aromatic N) is 1. The molecule has 2 nitrogen and oxygen atoms in total. The van der Waals surface area contributed by atoms with Crippen LogP contribution < -0.4 is 0 Å². The molecule has 0 saturated heterocycles. The van der Waals surface area contributed by atoms with E-state index in [-0.39, 0.29) is 5.91 Å². The van der Waals surface area contributed by atoms with Gasteiger partial charge in [0, 0.05) is 18.5 Å². The van der Waals surface area contributed by atoms with E-state index >= 15 is 0 Å². The van der Waals surface area contributed by atoms with Crippen LogP contribution in [0.4, 0.5) is 0 Å². The molecule has 0 aliphatic rings. The van der Waals surface area contributed by atoms with Crippen molar-refractivity contribution >= 4 is 17.7 Å². The molecule has 1 amide bonds.